The summed E-state index contributed by atoms with van der Waals surface area (Å²) in [7, 11) is 5.05. The monoisotopic (exact) mass is 324 g/mol. The molecule has 0 aromatic heterocycles. The van der Waals surface area contributed by atoms with Gasteiger partial charge in [0.05, 0.1) is 19.9 Å². The van der Waals surface area contributed by atoms with Crippen LogP contribution in [0.2, 0.25) is 0 Å². The summed E-state index contributed by atoms with van der Waals surface area (Å²) in [6.07, 6.45) is 0.740. The number of ether oxygens (including phenoxy) is 2. The standard InChI is InChI=1S/C20H24N2O2/c1-13(2)10-15-11-18(23-4)19(24-5)12-17(15)20(22-3)14-6-8-16(21)9-7-14/h6-9,11-12H,1,10,21H2,2-5H3. The van der Waals surface area contributed by atoms with Gasteiger partial charge in [0, 0.05) is 23.9 Å². The number of nitrogen functional groups attached to an aromatic ring is 1. The van der Waals surface area contributed by atoms with Gasteiger partial charge in [-0.05, 0) is 43.2 Å². The van der Waals surface area contributed by atoms with Crippen LogP contribution in [0.5, 0.6) is 11.5 Å². The summed E-state index contributed by atoms with van der Waals surface area (Å²) in [6, 6.07) is 11.7. The average Bonchev–Trinajstić information content (AvgIpc) is 2.57. The van der Waals surface area contributed by atoms with Gasteiger partial charge in [0.2, 0.25) is 0 Å². The van der Waals surface area contributed by atoms with Crippen LogP contribution in [0.1, 0.15) is 23.6 Å². The number of allylic oxidation sites excluding steroid dienone is 1. The maximum absolute atomic E-state index is 5.80. The minimum Gasteiger partial charge on any atom is -0.493 e. The number of aliphatic imine (C=N–C) groups is 1. The van der Waals surface area contributed by atoms with Gasteiger partial charge in [-0.15, -0.1) is 0 Å². The number of nitrogens with two attached hydrogens (primary N) is 1. The largest absolute Gasteiger partial charge is 0.493 e. The van der Waals surface area contributed by atoms with Crippen molar-refractivity contribution in [3.8, 4) is 11.5 Å². The number of hydrogen-bond donors (Lipinski definition) is 1. The Morgan fingerprint density at radius 3 is 2.17 bits per heavy atom. The molecule has 2 N–H and O–H groups in total. The molecule has 0 bridgehead atoms. The van der Waals surface area contributed by atoms with E-state index in [9.17, 15) is 0 Å². The van der Waals surface area contributed by atoms with Gasteiger partial charge in [-0.1, -0.05) is 24.3 Å². The van der Waals surface area contributed by atoms with Crippen molar-refractivity contribution >= 4 is 11.4 Å². The molecule has 0 spiro atoms. The molecule has 0 saturated carbocycles. The van der Waals surface area contributed by atoms with Crippen LogP contribution >= 0.6 is 0 Å². The fourth-order valence-electron chi connectivity index (χ4n) is 2.66. The molecule has 0 radical (unpaired) electrons. The third-order valence-electron chi connectivity index (χ3n) is 3.76. The fourth-order valence-corrected chi connectivity index (χ4v) is 2.66. The lowest BCUT2D eigenvalue weighted by molar-refractivity contribution is 0.354. The van der Waals surface area contributed by atoms with E-state index in [0.717, 1.165) is 40.1 Å². The maximum atomic E-state index is 5.80. The molecule has 0 aliphatic rings. The van der Waals surface area contributed by atoms with Crippen molar-refractivity contribution in [2.24, 2.45) is 4.99 Å². The Balaban J connectivity index is 2.64. The minimum atomic E-state index is 0.676. The number of rotatable bonds is 6. The summed E-state index contributed by atoms with van der Waals surface area (Å²) in [5.41, 5.74) is 11.6. The molecule has 0 heterocycles. The minimum absolute atomic E-state index is 0.676. The van der Waals surface area contributed by atoms with Crippen molar-refractivity contribution in [2.45, 2.75) is 13.3 Å². The Kier molecular flexibility index (Phi) is 5.64. The smallest absolute Gasteiger partial charge is 0.161 e. The average molecular weight is 324 g/mol. The molecule has 2 rings (SSSR count). The van der Waals surface area contributed by atoms with Gasteiger partial charge in [0.25, 0.3) is 0 Å². The highest BCUT2D eigenvalue weighted by atomic mass is 16.5. The predicted octanol–water partition coefficient (Wildman–Crippen LogP) is 3.87. The number of methoxy groups -OCH3 is 2. The van der Waals surface area contributed by atoms with Gasteiger partial charge in [-0.3, -0.25) is 4.99 Å². The van der Waals surface area contributed by atoms with E-state index in [1.807, 2.05) is 43.3 Å². The zero-order valence-corrected chi connectivity index (χ0v) is 14.7. The molecular weight excluding hydrogens is 300 g/mol. The van der Waals surface area contributed by atoms with Crippen molar-refractivity contribution in [1.29, 1.82) is 0 Å². The van der Waals surface area contributed by atoms with Crippen LogP contribution in [0.25, 0.3) is 0 Å². The SMILES string of the molecule is C=C(C)Cc1cc(OC)c(OC)cc1C(=NC)c1ccc(N)cc1. The van der Waals surface area contributed by atoms with Crippen molar-refractivity contribution < 1.29 is 9.47 Å². The third kappa shape index (κ3) is 3.77. The molecule has 126 valence electrons. The molecule has 0 unspecified atom stereocenters. The zero-order chi connectivity index (χ0) is 17.7. The lowest BCUT2D eigenvalue weighted by Crippen LogP contribution is -2.09. The van der Waals surface area contributed by atoms with E-state index < -0.39 is 0 Å². The van der Waals surface area contributed by atoms with E-state index in [-0.39, 0.29) is 0 Å². The van der Waals surface area contributed by atoms with E-state index in [1.165, 1.54) is 0 Å². The second-order valence-electron chi connectivity index (χ2n) is 5.69. The van der Waals surface area contributed by atoms with Crippen LogP contribution in [0, 0.1) is 0 Å². The van der Waals surface area contributed by atoms with Crippen LogP contribution in [-0.4, -0.2) is 27.0 Å². The van der Waals surface area contributed by atoms with Crippen molar-refractivity contribution in [3.05, 3.63) is 65.2 Å². The lowest BCUT2D eigenvalue weighted by Gasteiger charge is -2.17. The van der Waals surface area contributed by atoms with Crippen molar-refractivity contribution in [2.75, 3.05) is 27.0 Å². The maximum Gasteiger partial charge on any atom is 0.161 e. The highest BCUT2D eigenvalue weighted by molar-refractivity contribution is 6.14. The van der Waals surface area contributed by atoms with E-state index in [4.69, 9.17) is 15.2 Å². The molecular formula is C20H24N2O2. The summed E-state index contributed by atoms with van der Waals surface area (Å²) in [6.45, 7) is 6.04. The quantitative estimate of drug-likeness (QED) is 0.498. The molecule has 0 fully saturated rings. The highest BCUT2D eigenvalue weighted by Gasteiger charge is 2.16. The first-order valence-corrected chi connectivity index (χ1v) is 7.72. The molecule has 0 amide bonds. The number of hydrogen-bond acceptors (Lipinski definition) is 4. The highest BCUT2D eigenvalue weighted by Crippen LogP contribution is 2.33. The zero-order valence-electron chi connectivity index (χ0n) is 14.7. The van der Waals surface area contributed by atoms with Crippen LogP contribution in [0.4, 0.5) is 5.69 Å². The van der Waals surface area contributed by atoms with E-state index >= 15 is 0 Å². The van der Waals surface area contributed by atoms with E-state index in [1.54, 1.807) is 21.3 Å². The van der Waals surface area contributed by atoms with Crippen LogP contribution in [0.15, 0.2) is 53.5 Å². The summed E-state index contributed by atoms with van der Waals surface area (Å²) in [5, 5.41) is 0. The first kappa shape index (κ1) is 17.6. The molecule has 0 aliphatic carbocycles. The van der Waals surface area contributed by atoms with Gasteiger partial charge in [-0.25, -0.2) is 0 Å². The fraction of sp³-hybridized carbons (Fsp3) is 0.250. The summed E-state index contributed by atoms with van der Waals surface area (Å²) in [4.78, 5) is 4.51. The Morgan fingerprint density at radius 1 is 1.08 bits per heavy atom. The van der Waals surface area contributed by atoms with E-state index in [2.05, 4.69) is 11.6 Å². The topological polar surface area (TPSA) is 56.8 Å². The Labute approximate surface area is 143 Å². The molecule has 0 saturated heterocycles. The number of benzene rings is 2. The van der Waals surface area contributed by atoms with Crippen LogP contribution in [0.3, 0.4) is 0 Å². The molecule has 2 aromatic carbocycles. The summed E-state index contributed by atoms with van der Waals surface area (Å²) < 4.78 is 10.9. The van der Waals surface area contributed by atoms with Crippen LogP contribution < -0.4 is 15.2 Å². The Hall–Kier alpha value is -2.75. The molecule has 4 heteroatoms. The summed E-state index contributed by atoms with van der Waals surface area (Å²) in [5.74, 6) is 1.37. The van der Waals surface area contributed by atoms with Gasteiger partial charge in [0.1, 0.15) is 0 Å². The predicted molar refractivity (Wildman–Crippen MR) is 100 cm³/mol. The molecule has 24 heavy (non-hydrogen) atoms. The van der Waals surface area contributed by atoms with E-state index in [0.29, 0.717) is 11.5 Å². The second-order valence-corrected chi connectivity index (χ2v) is 5.69. The Bertz CT molecular complexity index is 762. The van der Waals surface area contributed by atoms with Gasteiger partial charge >= 0.3 is 0 Å². The lowest BCUT2D eigenvalue weighted by atomic mass is 9.93. The second kappa shape index (κ2) is 7.68. The summed E-state index contributed by atoms with van der Waals surface area (Å²) >= 11 is 0. The molecule has 2 aromatic rings. The van der Waals surface area contributed by atoms with Crippen molar-refractivity contribution in [3.63, 3.8) is 0 Å². The van der Waals surface area contributed by atoms with Crippen molar-refractivity contribution in [1.82, 2.24) is 0 Å². The molecule has 0 aliphatic heterocycles. The van der Waals surface area contributed by atoms with Gasteiger partial charge in [-0.2, -0.15) is 0 Å². The first-order chi connectivity index (χ1) is 11.5. The number of nitrogens with zero attached hydrogens (tertiary/aromatic N) is 1. The first-order valence-electron chi connectivity index (χ1n) is 7.72. The molecule has 4 nitrogen and oxygen atoms in total. The Morgan fingerprint density at radius 2 is 1.67 bits per heavy atom. The normalized spacial score (nSPS) is 11.2. The van der Waals surface area contributed by atoms with Gasteiger partial charge < -0.3 is 15.2 Å². The van der Waals surface area contributed by atoms with Crippen LogP contribution in [-0.2, 0) is 6.42 Å². The van der Waals surface area contributed by atoms with Gasteiger partial charge in [0.15, 0.2) is 11.5 Å². The number of anilines is 1. The third-order valence-corrected chi connectivity index (χ3v) is 3.76. The molecule has 0 atom stereocenters.